The van der Waals surface area contributed by atoms with Crippen LogP contribution in [-0.4, -0.2) is 66.0 Å². The van der Waals surface area contributed by atoms with Gasteiger partial charge in [0, 0.05) is 19.9 Å². The summed E-state index contributed by atoms with van der Waals surface area (Å²) in [5.41, 5.74) is 12.7. The highest BCUT2D eigenvalue weighted by atomic mass is 16.5. The first-order valence-corrected chi connectivity index (χ1v) is 15.1. The molecular formula is C33H46N6O6. The zero-order valence-electron chi connectivity index (χ0n) is 25.9. The van der Waals surface area contributed by atoms with E-state index in [1.807, 2.05) is 30.3 Å². The zero-order chi connectivity index (χ0) is 33.0. The molecule has 0 aliphatic carbocycles. The largest absolute Gasteiger partial charge is 0.490 e. The van der Waals surface area contributed by atoms with Gasteiger partial charge in [-0.1, -0.05) is 61.5 Å². The Kier molecular flexibility index (Phi) is 16.3. The van der Waals surface area contributed by atoms with Crippen molar-refractivity contribution in [3.05, 3.63) is 78.4 Å². The first-order chi connectivity index (χ1) is 21.6. The fraction of sp³-hybridized carbons (Fsp3) is 0.424. The van der Waals surface area contributed by atoms with Gasteiger partial charge in [0.1, 0.15) is 30.5 Å². The molecule has 0 radical (unpaired) electrons. The summed E-state index contributed by atoms with van der Waals surface area (Å²) in [5, 5.41) is 17.8. The van der Waals surface area contributed by atoms with E-state index in [4.69, 9.17) is 16.2 Å². The smallest absolute Gasteiger partial charge is 0.326 e. The van der Waals surface area contributed by atoms with Gasteiger partial charge < -0.3 is 37.3 Å². The number of carbonyl (C=O) groups excluding carboxylic acids is 3. The average molecular weight is 623 g/mol. The molecule has 0 unspecified atom stereocenters. The number of rotatable bonds is 21. The number of nitrogens with zero attached hydrogens (tertiary/aromatic N) is 1. The first kappa shape index (κ1) is 36.3. The standard InChI is InChI=1S/C33H46N6O6/c1-3-21-45-26-18-16-25(17-19-26)22-29(37-23(2)40)31(42)38-27(14-9-10-20-36-33(34)35)30(41)39-28(32(43)44)15-8-7-13-24-11-5-4-6-12-24/h3-6,11-12,16-19,27-29H,1,7-10,13-15,20-22H2,2H3,(H,37,40)(H,38,42)(H,39,41)(H,43,44)(H4,34,35,36)/t27-,28-,29-/m0/s1. The van der Waals surface area contributed by atoms with E-state index in [1.54, 1.807) is 30.3 Å². The molecule has 2 rings (SSSR count). The van der Waals surface area contributed by atoms with Crippen LogP contribution in [0, 0.1) is 0 Å². The van der Waals surface area contributed by atoms with Gasteiger partial charge in [0.05, 0.1) is 0 Å². The van der Waals surface area contributed by atoms with Crippen LogP contribution in [0.4, 0.5) is 0 Å². The third-order valence-corrected chi connectivity index (χ3v) is 6.92. The second-order valence-electron chi connectivity index (χ2n) is 10.7. The molecule has 0 saturated carbocycles. The van der Waals surface area contributed by atoms with Gasteiger partial charge in [0.25, 0.3) is 0 Å². The normalized spacial score (nSPS) is 12.6. The van der Waals surface area contributed by atoms with E-state index in [-0.39, 0.29) is 25.2 Å². The number of aryl methyl sites for hydroxylation is 1. The highest BCUT2D eigenvalue weighted by molar-refractivity contribution is 5.93. The number of unbranched alkanes of at least 4 members (excludes halogenated alkanes) is 2. The fourth-order valence-corrected chi connectivity index (χ4v) is 4.63. The Hall–Kier alpha value is -4.87. The topological polar surface area (TPSA) is 198 Å². The molecule has 0 saturated heterocycles. The van der Waals surface area contributed by atoms with E-state index in [2.05, 4.69) is 27.5 Å². The van der Waals surface area contributed by atoms with E-state index in [0.29, 0.717) is 38.2 Å². The Balaban J connectivity index is 2.10. The van der Waals surface area contributed by atoms with Crippen molar-refractivity contribution in [1.82, 2.24) is 16.0 Å². The predicted octanol–water partition coefficient (Wildman–Crippen LogP) is 2.21. The van der Waals surface area contributed by atoms with Crippen LogP contribution in [0.5, 0.6) is 5.75 Å². The predicted molar refractivity (Wildman–Crippen MR) is 173 cm³/mol. The number of carbonyl (C=O) groups is 4. The minimum Gasteiger partial charge on any atom is -0.490 e. The lowest BCUT2D eigenvalue weighted by molar-refractivity contribution is -0.142. The fourth-order valence-electron chi connectivity index (χ4n) is 4.63. The van der Waals surface area contributed by atoms with Crippen molar-refractivity contribution in [2.24, 2.45) is 16.5 Å². The van der Waals surface area contributed by atoms with Crippen LogP contribution in [0.1, 0.15) is 56.6 Å². The SMILES string of the molecule is C=CCOc1ccc(C[C@H](NC(C)=O)C(=O)N[C@@H](CCCCN=C(N)N)C(=O)N[C@@H](CCCCc2ccccc2)C(=O)O)cc1. The van der Waals surface area contributed by atoms with Crippen LogP contribution in [0.15, 0.2) is 72.2 Å². The second-order valence-corrected chi connectivity index (χ2v) is 10.7. The van der Waals surface area contributed by atoms with E-state index < -0.39 is 41.8 Å². The van der Waals surface area contributed by atoms with Crippen LogP contribution in [0.3, 0.4) is 0 Å². The average Bonchev–Trinajstić information content (AvgIpc) is 3.00. The van der Waals surface area contributed by atoms with Crippen LogP contribution in [0.2, 0.25) is 0 Å². The Labute approximate surface area is 264 Å². The molecule has 8 N–H and O–H groups in total. The van der Waals surface area contributed by atoms with Gasteiger partial charge in [-0.2, -0.15) is 0 Å². The van der Waals surface area contributed by atoms with E-state index >= 15 is 0 Å². The summed E-state index contributed by atoms with van der Waals surface area (Å²) < 4.78 is 5.50. The molecule has 0 bridgehead atoms. The molecule has 12 heteroatoms. The maximum atomic E-state index is 13.4. The van der Waals surface area contributed by atoms with Crippen molar-refractivity contribution in [2.45, 2.75) is 76.4 Å². The van der Waals surface area contributed by atoms with Gasteiger partial charge in [-0.3, -0.25) is 19.4 Å². The number of hydrogen-bond donors (Lipinski definition) is 6. The quantitative estimate of drug-likeness (QED) is 0.0527. The summed E-state index contributed by atoms with van der Waals surface area (Å²) in [6.45, 7) is 5.61. The van der Waals surface area contributed by atoms with Gasteiger partial charge >= 0.3 is 5.97 Å². The number of carboxylic acid groups (broad SMARTS) is 1. The van der Waals surface area contributed by atoms with E-state index in [1.165, 1.54) is 6.92 Å². The van der Waals surface area contributed by atoms with Crippen molar-refractivity contribution >= 4 is 29.7 Å². The Morgan fingerprint density at radius 2 is 1.47 bits per heavy atom. The highest BCUT2D eigenvalue weighted by Crippen LogP contribution is 2.15. The van der Waals surface area contributed by atoms with Gasteiger partial charge in [0.2, 0.25) is 17.7 Å². The molecule has 0 aromatic heterocycles. The van der Waals surface area contributed by atoms with Crippen molar-refractivity contribution in [2.75, 3.05) is 13.2 Å². The number of amides is 3. The number of aliphatic carboxylic acids is 1. The Bertz CT molecular complexity index is 1260. The van der Waals surface area contributed by atoms with Crippen LogP contribution in [0.25, 0.3) is 0 Å². The lowest BCUT2D eigenvalue weighted by atomic mass is 10.0. The summed E-state index contributed by atoms with van der Waals surface area (Å²) in [6, 6.07) is 13.8. The number of aliphatic imine (C=N–C) groups is 1. The number of hydrogen-bond acceptors (Lipinski definition) is 6. The summed E-state index contributed by atoms with van der Waals surface area (Å²) in [6.07, 6.45) is 5.38. The number of guanidine groups is 1. The molecule has 0 fully saturated rings. The minimum atomic E-state index is -1.16. The lowest BCUT2D eigenvalue weighted by Crippen LogP contribution is -2.56. The lowest BCUT2D eigenvalue weighted by Gasteiger charge is -2.24. The monoisotopic (exact) mass is 622 g/mol. The third-order valence-electron chi connectivity index (χ3n) is 6.92. The number of carboxylic acids is 1. The van der Waals surface area contributed by atoms with Crippen molar-refractivity contribution in [1.29, 1.82) is 0 Å². The van der Waals surface area contributed by atoms with Gasteiger partial charge in [-0.15, -0.1) is 0 Å². The molecule has 3 amide bonds. The van der Waals surface area contributed by atoms with Gasteiger partial charge in [0.15, 0.2) is 5.96 Å². The molecule has 2 aromatic rings. The second kappa shape index (κ2) is 20.2. The van der Waals surface area contributed by atoms with Gasteiger partial charge in [-0.25, -0.2) is 4.79 Å². The number of benzene rings is 2. The Morgan fingerprint density at radius 1 is 0.844 bits per heavy atom. The maximum absolute atomic E-state index is 13.4. The molecule has 0 heterocycles. The number of ether oxygens (including phenoxy) is 1. The Morgan fingerprint density at radius 3 is 2.09 bits per heavy atom. The zero-order valence-corrected chi connectivity index (χ0v) is 25.9. The highest BCUT2D eigenvalue weighted by Gasteiger charge is 2.29. The first-order valence-electron chi connectivity index (χ1n) is 15.1. The van der Waals surface area contributed by atoms with Crippen LogP contribution >= 0.6 is 0 Å². The minimum absolute atomic E-state index is 0.0485. The van der Waals surface area contributed by atoms with Crippen LogP contribution in [-0.2, 0) is 32.0 Å². The van der Waals surface area contributed by atoms with Crippen LogP contribution < -0.4 is 32.2 Å². The molecule has 0 spiro atoms. The summed E-state index contributed by atoms with van der Waals surface area (Å²) >= 11 is 0. The third kappa shape index (κ3) is 14.9. The summed E-state index contributed by atoms with van der Waals surface area (Å²) in [7, 11) is 0. The molecule has 244 valence electrons. The molecule has 0 aliphatic rings. The molecular weight excluding hydrogens is 576 g/mol. The molecule has 3 atom stereocenters. The van der Waals surface area contributed by atoms with Crippen molar-refractivity contribution < 1.29 is 29.0 Å². The van der Waals surface area contributed by atoms with E-state index in [9.17, 15) is 24.3 Å². The summed E-state index contributed by atoms with van der Waals surface area (Å²) in [5.74, 6) is -2.18. The molecule has 45 heavy (non-hydrogen) atoms. The molecule has 0 aliphatic heterocycles. The van der Waals surface area contributed by atoms with Gasteiger partial charge in [-0.05, 0) is 61.8 Å². The number of nitrogens with two attached hydrogens (primary N) is 2. The maximum Gasteiger partial charge on any atom is 0.326 e. The molecule has 12 nitrogen and oxygen atoms in total. The van der Waals surface area contributed by atoms with Crippen molar-refractivity contribution in [3.8, 4) is 5.75 Å². The molecule has 2 aromatic carbocycles. The summed E-state index contributed by atoms with van der Waals surface area (Å²) in [4.78, 5) is 54.8. The number of nitrogens with one attached hydrogen (secondary N) is 3. The van der Waals surface area contributed by atoms with E-state index in [0.717, 1.165) is 24.0 Å². The van der Waals surface area contributed by atoms with Crippen molar-refractivity contribution in [3.63, 3.8) is 0 Å².